The largest absolute Gasteiger partial charge is 0.463 e. The molecular formula is C25H33FN6O4. The molecule has 2 fully saturated rings. The van der Waals surface area contributed by atoms with Gasteiger partial charge in [0.2, 0.25) is 0 Å². The number of nitrogens with two attached hydrogens (primary N) is 1. The number of anilines is 2. The average Bonchev–Trinajstić information content (AvgIpc) is 2.85. The molecule has 4 N–H and O–H groups in total. The number of aliphatic hydroxyl groups excluding tert-OH is 1. The van der Waals surface area contributed by atoms with E-state index in [2.05, 4.69) is 25.2 Å². The highest BCUT2D eigenvalue weighted by Gasteiger charge is 2.30. The van der Waals surface area contributed by atoms with Gasteiger partial charge in [-0.2, -0.15) is 9.97 Å². The number of alkyl halides is 1. The number of nitrogens with zero attached hydrogens (tertiary/aromatic N) is 4. The summed E-state index contributed by atoms with van der Waals surface area (Å²) in [6.07, 6.45) is 1.68. The monoisotopic (exact) mass is 500 g/mol. The number of ketones is 1. The molecule has 10 nitrogen and oxygen atoms in total. The van der Waals surface area contributed by atoms with Crippen molar-refractivity contribution in [2.45, 2.75) is 57.7 Å². The van der Waals surface area contributed by atoms with Gasteiger partial charge in [0.05, 0.1) is 18.9 Å². The highest BCUT2D eigenvalue weighted by molar-refractivity contribution is 5.97. The maximum atomic E-state index is 13.2. The molecule has 1 amide bonds. The lowest BCUT2D eigenvalue weighted by Gasteiger charge is -2.33. The highest BCUT2D eigenvalue weighted by atomic mass is 19.1. The van der Waals surface area contributed by atoms with E-state index in [0.29, 0.717) is 49.7 Å². The van der Waals surface area contributed by atoms with E-state index < -0.39 is 18.1 Å². The molecule has 2 aliphatic rings. The van der Waals surface area contributed by atoms with Crippen molar-refractivity contribution in [1.82, 2.24) is 20.3 Å². The number of piperidine rings is 1. The third-order valence-electron chi connectivity index (χ3n) is 6.72. The fourth-order valence-corrected chi connectivity index (χ4v) is 4.48. The molecule has 0 radical (unpaired) electrons. The second-order valence-electron chi connectivity index (χ2n) is 9.69. The summed E-state index contributed by atoms with van der Waals surface area (Å²) >= 11 is 0. The number of Topliss-reactive ketones (excluding diaryl/α,β-unsaturated/α-hetero) is 1. The zero-order chi connectivity index (χ0) is 25.8. The van der Waals surface area contributed by atoms with Crippen LogP contribution >= 0.6 is 0 Å². The number of carbonyl (C=O) groups excluding carboxylic acids is 2. The summed E-state index contributed by atoms with van der Waals surface area (Å²) in [4.78, 5) is 39.9. The van der Waals surface area contributed by atoms with Gasteiger partial charge in [0.15, 0.2) is 5.78 Å². The SMILES string of the molecule is CC(=O)c1nc(C2CCN(c3cc(C(=O)N[C@H](C)CO)nc(OC[C@H]4C[C@H](F)C4)n3)CC2)ccc1N. The Bertz CT molecular complexity index is 1100. The fourth-order valence-electron chi connectivity index (χ4n) is 4.48. The minimum atomic E-state index is -0.782. The molecule has 3 heterocycles. The topological polar surface area (TPSA) is 144 Å². The van der Waals surface area contributed by atoms with Crippen molar-refractivity contribution >= 4 is 23.2 Å². The van der Waals surface area contributed by atoms with Crippen molar-refractivity contribution < 1.29 is 23.8 Å². The smallest absolute Gasteiger partial charge is 0.319 e. The molecule has 1 saturated heterocycles. The van der Waals surface area contributed by atoms with Crippen molar-refractivity contribution in [3.05, 3.63) is 35.3 Å². The van der Waals surface area contributed by atoms with Crippen LogP contribution in [0.3, 0.4) is 0 Å². The third kappa shape index (κ3) is 6.07. The summed E-state index contributed by atoms with van der Waals surface area (Å²) < 4.78 is 18.9. The number of halogens is 1. The number of rotatable bonds is 9. The molecule has 1 atom stereocenters. The molecule has 1 aliphatic carbocycles. The van der Waals surface area contributed by atoms with Gasteiger partial charge in [-0.25, -0.2) is 9.37 Å². The Kier molecular flexibility index (Phi) is 7.97. The van der Waals surface area contributed by atoms with E-state index in [0.717, 1.165) is 18.5 Å². The van der Waals surface area contributed by atoms with Crippen molar-refractivity contribution in [1.29, 1.82) is 0 Å². The van der Waals surface area contributed by atoms with Gasteiger partial charge in [-0.05, 0) is 50.7 Å². The van der Waals surface area contributed by atoms with Gasteiger partial charge in [-0.15, -0.1) is 0 Å². The molecule has 0 bridgehead atoms. The van der Waals surface area contributed by atoms with Gasteiger partial charge >= 0.3 is 6.01 Å². The first-order valence-corrected chi connectivity index (χ1v) is 12.3. The van der Waals surface area contributed by atoms with Gasteiger partial charge in [-0.3, -0.25) is 9.59 Å². The summed E-state index contributed by atoms with van der Waals surface area (Å²) in [6.45, 7) is 4.55. The van der Waals surface area contributed by atoms with Crippen LogP contribution in [0.2, 0.25) is 0 Å². The molecule has 0 spiro atoms. The van der Waals surface area contributed by atoms with Crippen LogP contribution in [-0.4, -0.2) is 70.3 Å². The Hall–Kier alpha value is -3.34. The summed E-state index contributed by atoms with van der Waals surface area (Å²) in [5.41, 5.74) is 7.54. The minimum absolute atomic E-state index is 0.0741. The Morgan fingerprint density at radius 2 is 1.97 bits per heavy atom. The van der Waals surface area contributed by atoms with Crippen molar-refractivity contribution in [2.24, 2.45) is 5.92 Å². The number of pyridine rings is 1. The van der Waals surface area contributed by atoms with Crippen molar-refractivity contribution in [2.75, 3.05) is 36.9 Å². The first kappa shape index (κ1) is 25.7. The van der Waals surface area contributed by atoms with Gasteiger partial charge in [0, 0.05) is 43.7 Å². The standard InChI is InChI=1S/C25H33FN6O4/c1-14(12-33)28-24(35)21-11-22(31-25(30-21)36-13-16-9-18(26)10-16)32-7-5-17(6-8-32)20-4-3-19(27)23(29-20)15(2)34/h3-4,11,14,16-18,33H,5-10,12-13,27H2,1-2H3,(H,28,35)/t14-,16-,18-/m1/s1. The minimum Gasteiger partial charge on any atom is -0.463 e. The van der Waals surface area contributed by atoms with Crippen LogP contribution in [0.1, 0.15) is 72.1 Å². The zero-order valence-corrected chi connectivity index (χ0v) is 20.6. The van der Waals surface area contributed by atoms with E-state index in [1.807, 2.05) is 6.07 Å². The van der Waals surface area contributed by atoms with E-state index in [4.69, 9.17) is 10.5 Å². The van der Waals surface area contributed by atoms with Crippen molar-refractivity contribution in [3.8, 4) is 6.01 Å². The number of nitrogen functional groups attached to an aromatic ring is 1. The van der Waals surface area contributed by atoms with Crippen LogP contribution < -0.4 is 20.7 Å². The van der Waals surface area contributed by atoms with E-state index in [1.54, 1.807) is 19.1 Å². The first-order chi connectivity index (χ1) is 17.2. The lowest BCUT2D eigenvalue weighted by molar-refractivity contribution is 0.0816. The molecule has 2 aromatic heterocycles. The summed E-state index contributed by atoms with van der Waals surface area (Å²) in [5.74, 6) is 0.243. The first-order valence-electron chi connectivity index (χ1n) is 12.3. The molecule has 36 heavy (non-hydrogen) atoms. The quantitative estimate of drug-likeness (QED) is 0.442. The number of nitrogens with one attached hydrogen (secondary N) is 1. The number of hydrogen-bond acceptors (Lipinski definition) is 9. The van der Waals surface area contributed by atoms with E-state index in [9.17, 15) is 19.1 Å². The highest BCUT2D eigenvalue weighted by Crippen LogP contribution is 2.32. The Morgan fingerprint density at radius 1 is 1.25 bits per heavy atom. The predicted molar refractivity (Wildman–Crippen MR) is 132 cm³/mol. The average molecular weight is 501 g/mol. The maximum Gasteiger partial charge on any atom is 0.319 e. The van der Waals surface area contributed by atoms with E-state index >= 15 is 0 Å². The molecule has 2 aromatic rings. The molecule has 11 heteroatoms. The molecule has 194 valence electrons. The number of aromatic nitrogens is 3. The molecular weight excluding hydrogens is 467 g/mol. The van der Waals surface area contributed by atoms with Gasteiger partial charge in [0.25, 0.3) is 5.91 Å². The summed E-state index contributed by atoms with van der Waals surface area (Å²) in [7, 11) is 0. The molecule has 0 unspecified atom stereocenters. The number of carbonyl (C=O) groups is 2. The number of ether oxygens (including phenoxy) is 1. The maximum absolute atomic E-state index is 13.2. The molecule has 0 aromatic carbocycles. The molecule has 4 rings (SSSR count). The van der Waals surface area contributed by atoms with E-state index in [-0.39, 0.29) is 35.9 Å². The summed E-state index contributed by atoms with van der Waals surface area (Å²) in [6, 6.07) is 4.85. The Balaban J connectivity index is 1.48. The number of hydrogen-bond donors (Lipinski definition) is 3. The lowest BCUT2D eigenvalue weighted by atomic mass is 9.84. The molecule has 1 saturated carbocycles. The third-order valence-corrected chi connectivity index (χ3v) is 6.72. The number of aliphatic hydroxyl groups is 1. The van der Waals surface area contributed by atoms with Gasteiger partial charge in [0.1, 0.15) is 23.4 Å². The normalized spacial score (nSPS) is 20.9. The van der Waals surface area contributed by atoms with Crippen LogP contribution in [0.25, 0.3) is 0 Å². The Labute approximate surface area is 209 Å². The summed E-state index contributed by atoms with van der Waals surface area (Å²) in [5, 5.41) is 12.0. The van der Waals surface area contributed by atoms with Gasteiger partial charge < -0.3 is 25.8 Å². The zero-order valence-electron chi connectivity index (χ0n) is 20.6. The Morgan fingerprint density at radius 3 is 2.61 bits per heavy atom. The molecule has 1 aliphatic heterocycles. The van der Waals surface area contributed by atoms with Crippen molar-refractivity contribution in [3.63, 3.8) is 0 Å². The predicted octanol–water partition coefficient (Wildman–Crippen LogP) is 2.28. The van der Waals surface area contributed by atoms with Crippen LogP contribution in [0.15, 0.2) is 18.2 Å². The van der Waals surface area contributed by atoms with Crippen LogP contribution in [-0.2, 0) is 0 Å². The van der Waals surface area contributed by atoms with Crippen LogP contribution in [0.5, 0.6) is 6.01 Å². The van der Waals surface area contributed by atoms with Crippen LogP contribution in [0, 0.1) is 5.92 Å². The second kappa shape index (κ2) is 11.2. The number of amides is 1. The lowest BCUT2D eigenvalue weighted by Crippen LogP contribution is -2.37. The van der Waals surface area contributed by atoms with Gasteiger partial charge in [-0.1, -0.05) is 0 Å². The fraction of sp³-hybridized carbons (Fsp3) is 0.560. The van der Waals surface area contributed by atoms with E-state index in [1.165, 1.54) is 6.92 Å². The second-order valence-corrected chi connectivity index (χ2v) is 9.69. The van der Waals surface area contributed by atoms with Crippen LogP contribution in [0.4, 0.5) is 15.9 Å².